The van der Waals surface area contributed by atoms with Gasteiger partial charge in [0.15, 0.2) is 0 Å². The van der Waals surface area contributed by atoms with Crippen molar-refractivity contribution in [1.29, 1.82) is 0 Å². The number of ether oxygens (including phenoxy) is 1. The maximum atomic E-state index is 12.8. The summed E-state index contributed by atoms with van der Waals surface area (Å²) in [4.78, 5) is 0.338. The average molecular weight is 312 g/mol. The smallest absolute Gasteiger partial charge is 0.243 e. The molecule has 1 fully saturated rings. The number of nitrogens with zero attached hydrogens (tertiary/aromatic N) is 1. The van der Waals surface area contributed by atoms with E-state index in [2.05, 4.69) is 0 Å². The van der Waals surface area contributed by atoms with Crippen LogP contribution in [0.25, 0.3) is 0 Å². The van der Waals surface area contributed by atoms with Crippen molar-refractivity contribution in [2.45, 2.75) is 31.6 Å². The van der Waals surface area contributed by atoms with Crippen LogP contribution < -0.4 is 5.73 Å². The van der Waals surface area contributed by atoms with Crippen molar-refractivity contribution in [3.05, 3.63) is 23.3 Å². The lowest BCUT2D eigenvalue weighted by molar-refractivity contribution is 0.121. The fraction of sp³-hybridized carbons (Fsp3) is 0.600. The number of nitrogens with two attached hydrogens (primary N) is 1. The molecule has 1 aromatic carbocycles. The minimum absolute atomic E-state index is 0.338. The standard InChI is InChI=1S/C15H24N2O3S/c1-11-8-14(16)12(2)15(9-11)21(18,19)17-6-4-13(5-7-17)10-20-3/h8-9,13H,4-7,10,16H2,1-3H3. The van der Waals surface area contributed by atoms with E-state index in [0.29, 0.717) is 41.8 Å². The molecule has 0 atom stereocenters. The van der Waals surface area contributed by atoms with Gasteiger partial charge in [0.1, 0.15) is 0 Å². The van der Waals surface area contributed by atoms with E-state index in [1.165, 1.54) is 0 Å². The maximum Gasteiger partial charge on any atom is 0.243 e. The Morgan fingerprint density at radius 3 is 2.48 bits per heavy atom. The zero-order chi connectivity index (χ0) is 15.6. The van der Waals surface area contributed by atoms with Crippen LogP contribution in [-0.4, -0.2) is 39.5 Å². The summed E-state index contributed by atoms with van der Waals surface area (Å²) in [5.41, 5.74) is 7.95. The van der Waals surface area contributed by atoms with Gasteiger partial charge in [0.25, 0.3) is 0 Å². The third-order valence-electron chi connectivity index (χ3n) is 4.14. The van der Waals surface area contributed by atoms with Gasteiger partial charge in [-0.2, -0.15) is 4.31 Å². The molecule has 0 spiro atoms. The van der Waals surface area contributed by atoms with Crippen molar-refractivity contribution >= 4 is 15.7 Å². The lowest BCUT2D eigenvalue weighted by atomic mass is 9.99. The van der Waals surface area contributed by atoms with Crippen molar-refractivity contribution in [1.82, 2.24) is 4.31 Å². The Balaban J connectivity index is 2.24. The Labute approximate surface area is 127 Å². The first-order chi connectivity index (χ1) is 9.86. The first-order valence-corrected chi connectivity index (χ1v) is 8.66. The average Bonchev–Trinajstić information content (AvgIpc) is 2.43. The summed E-state index contributed by atoms with van der Waals surface area (Å²) < 4.78 is 32.4. The van der Waals surface area contributed by atoms with E-state index in [1.807, 2.05) is 6.92 Å². The summed E-state index contributed by atoms with van der Waals surface area (Å²) in [6.45, 7) is 5.41. The second-order valence-electron chi connectivity index (χ2n) is 5.78. The van der Waals surface area contributed by atoms with E-state index < -0.39 is 10.0 Å². The molecule has 2 N–H and O–H groups in total. The molecule has 1 saturated heterocycles. The highest BCUT2D eigenvalue weighted by atomic mass is 32.2. The number of methoxy groups -OCH3 is 1. The van der Waals surface area contributed by atoms with E-state index in [0.717, 1.165) is 18.4 Å². The summed E-state index contributed by atoms with van der Waals surface area (Å²) in [6.07, 6.45) is 1.68. The molecule has 0 aliphatic carbocycles. The van der Waals surface area contributed by atoms with Crippen molar-refractivity contribution in [3.63, 3.8) is 0 Å². The van der Waals surface area contributed by atoms with E-state index in [-0.39, 0.29) is 0 Å². The van der Waals surface area contributed by atoms with Crippen molar-refractivity contribution < 1.29 is 13.2 Å². The van der Waals surface area contributed by atoms with Gasteiger partial charge in [-0.1, -0.05) is 0 Å². The van der Waals surface area contributed by atoms with Crippen molar-refractivity contribution in [2.24, 2.45) is 5.92 Å². The van der Waals surface area contributed by atoms with Crippen LogP contribution in [0, 0.1) is 19.8 Å². The first-order valence-electron chi connectivity index (χ1n) is 7.22. The van der Waals surface area contributed by atoms with Gasteiger partial charge in [0, 0.05) is 32.5 Å². The van der Waals surface area contributed by atoms with Gasteiger partial charge < -0.3 is 10.5 Å². The molecule has 118 valence electrons. The highest BCUT2D eigenvalue weighted by Crippen LogP contribution is 2.29. The molecule has 21 heavy (non-hydrogen) atoms. The van der Waals surface area contributed by atoms with Gasteiger partial charge >= 0.3 is 0 Å². The molecular formula is C15H24N2O3S. The van der Waals surface area contributed by atoms with E-state index >= 15 is 0 Å². The Kier molecular flexibility index (Phi) is 4.91. The quantitative estimate of drug-likeness (QED) is 0.862. The zero-order valence-corrected chi connectivity index (χ0v) is 13.7. The summed E-state index contributed by atoms with van der Waals surface area (Å²) in [5, 5.41) is 0. The van der Waals surface area contributed by atoms with Crippen LogP contribution in [0.1, 0.15) is 24.0 Å². The van der Waals surface area contributed by atoms with Gasteiger partial charge in [0.2, 0.25) is 10.0 Å². The normalized spacial score (nSPS) is 18.0. The maximum absolute atomic E-state index is 12.8. The van der Waals surface area contributed by atoms with Gasteiger partial charge in [-0.05, 0) is 55.9 Å². The molecule has 0 saturated carbocycles. The fourth-order valence-corrected chi connectivity index (χ4v) is 4.62. The molecule has 5 nitrogen and oxygen atoms in total. The minimum Gasteiger partial charge on any atom is -0.398 e. The lowest BCUT2D eigenvalue weighted by Crippen LogP contribution is -2.39. The molecule has 0 radical (unpaired) electrons. The third-order valence-corrected chi connectivity index (χ3v) is 6.16. The molecule has 1 aromatic rings. The van der Waals surface area contributed by atoms with Crippen molar-refractivity contribution in [2.75, 3.05) is 32.5 Å². The lowest BCUT2D eigenvalue weighted by Gasteiger charge is -2.31. The molecule has 1 heterocycles. The number of hydrogen-bond donors (Lipinski definition) is 1. The Hall–Kier alpha value is -1.11. The third kappa shape index (κ3) is 3.39. The molecule has 1 aliphatic rings. The monoisotopic (exact) mass is 312 g/mol. The number of sulfonamides is 1. The Morgan fingerprint density at radius 1 is 1.29 bits per heavy atom. The summed E-state index contributed by atoms with van der Waals surface area (Å²) in [5.74, 6) is 0.449. The Bertz CT molecular complexity index is 606. The van der Waals surface area contributed by atoms with Crippen molar-refractivity contribution in [3.8, 4) is 0 Å². The predicted molar refractivity (Wildman–Crippen MR) is 83.7 cm³/mol. The van der Waals surface area contributed by atoms with Gasteiger partial charge in [-0.25, -0.2) is 8.42 Å². The van der Waals surface area contributed by atoms with E-state index in [9.17, 15) is 8.42 Å². The molecule has 2 rings (SSSR count). The first kappa shape index (κ1) is 16.3. The predicted octanol–water partition coefficient (Wildman–Crippen LogP) is 1.93. The molecule has 0 amide bonds. The number of rotatable bonds is 4. The number of benzene rings is 1. The number of hydrogen-bond acceptors (Lipinski definition) is 4. The SMILES string of the molecule is COCC1CCN(S(=O)(=O)c2cc(C)cc(N)c2C)CC1. The van der Waals surface area contributed by atoms with Gasteiger partial charge in [0.05, 0.1) is 4.90 Å². The van der Waals surface area contributed by atoms with Crippen LogP contribution >= 0.6 is 0 Å². The minimum atomic E-state index is -3.46. The second kappa shape index (κ2) is 6.34. The van der Waals surface area contributed by atoms with Gasteiger partial charge in [-0.3, -0.25) is 0 Å². The molecule has 6 heteroatoms. The molecule has 1 aliphatic heterocycles. The van der Waals surface area contributed by atoms with Crippen LogP contribution in [0.4, 0.5) is 5.69 Å². The summed E-state index contributed by atoms with van der Waals surface area (Å²) in [7, 11) is -1.78. The topological polar surface area (TPSA) is 72.6 Å². The van der Waals surface area contributed by atoms with Crippen LogP contribution in [-0.2, 0) is 14.8 Å². The molecule has 0 unspecified atom stereocenters. The van der Waals surface area contributed by atoms with Crippen LogP contribution in [0.5, 0.6) is 0 Å². The van der Waals surface area contributed by atoms with Crippen LogP contribution in [0.15, 0.2) is 17.0 Å². The van der Waals surface area contributed by atoms with E-state index in [4.69, 9.17) is 10.5 Å². The molecule has 0 aromatic heterocycles. The largest absolute Gasteiger partial charge is 0.398 e. The van der Waals surface area contributed by atoms with Crippen LogP contribution in [0.2, 0.25) is 0 Å². The van der Waals surface area contributed by atoms with Crippen LogP contribution in [0.3, 0.4) is 0 Å². The number of nitrogen functional groups attached to an aromatic ring is 1. The molecule has 0 bridgehead atoms. The number of aryl methyl sites for hydroxylation is 1. The number of piperidine rings is 1. The Morgan fingerprint density at radius 2 is 1.90 bits per heavy atom. The van der Waals surface area contributed by atoms with E-state index in [1.54, 1.807) is 30.5 Å². The highest BCUT2D eigenvalue weighted by Gasteiger charge is 2.30. The summed E-state index contributed by atoms with van der Waals surface area (Å²) in [6, 6.07) is 3.52. The van der Waals surface area contributed by atoms with Gasteiger partial charge in [-0.15, -0.1) is 0 Å². The number of anilines is 1. The highest BCUT2D eigenvalue weighted by molar-refractivity contribution is 7.89. The zero-order valence-electron chi connectivity index (χ0n) is 12.9. The fourth-order valence-electron chi connectivity index (χ4n) is 2.81. The molecular weight excluding hydrogens is 288 g/mol. The second-order valence-corrected chi connectivity index (χ2v) is 7.69. The summed E-state index contributed by atoms with van der Waals surface area (Å²) >= 11 is 0.